The molecule has 3 saturated heterocycles. The van der Waals surface area contributed by atoms with Gasteiger partial charge in [0.25, 0.3) is 11.8 Å². The van der Waals surface area contributed by atoms with Gasteiger partial charge in [-0.25, -0.2) is 24.0 Å². The van der Waals surface area contributed by atoms with Gasteiger partial charge in [0.15, 0.2) is 5.65 Å². The Kier molecular flexibility index (Phi) is 11.0. The van der Waals surface area contributed by atoms with Gasteiger partial charge in [0.2, 0.25) is 11.8 Å². The summed E-state index contributed by atoms with van der Waals surface area (Å²) < 4.78 is 21.1. The summed E-state index contributed by atoms with van der Waals surface area (Å²) in [6.07, 6.45) is 4.84. The van der Waals surface area contributed by atoms with Crippen molar-refractivity contribution in [1.29, 1.82) is 0 Å². The van der Waals surface area contributed by atoms with Crippen LogP contribution in [0.2, 0.25) is 0 Å². The van der Waals surface area contributed by atoms with Crippen molar-refractivity contribution in [1.82, 2.24) is 45.2 Å². The van der Waals surface area contributed by atoms with Crippen molar-refractivity contribution in [2.75, 3.05) is 61.9 Å². The van der Waals surface area contributed by atoms with Crippen LogP contribution in [0, 0.1) is 5.82 Å². The number of nitrogens with two attached hydrogens (primary N) is 1. The van der Waals surface area contributed by atoms with Crippen LogP contribution < -0.4 is 30.9 Å². The molecule has 0 saturated carbocycles. The molecule has 6 aromatic rings. The standard InChI is InChI=1S/C47H47FN12O5/c1-65-38-11-7-32(48)21-36(38)45(62)51-22-28-2-5-30(6-3-28)42-41-43(49)52-27-53-44(41)60(55-42)34-14-15-58(26-34)39-12-4-29(23-50-39)24-56-16-18-57(19-17-56)33-8-9-35-31(20-33)25-59(47(35)64)37-10-13-40(61)54-46(37)63/h2-9,11-12,20-21,23,27,34,37H,10,13-19,22,24-26H2,1H3,(H,51,62)(H2,49,52,53)(H,54,61,63)/t34-,37+/m1/s1. The van der Waals surface area contributed by atoms with Gasteiger partial charge in [0.1, 0.15) is 41.3 Å². The first kappa shape index (κ1) is 41.5. The molecule has 3 aromatic carbocycles. The van der Waals surface area contributed by atoms with E-state index in [2.05, 4.69) is 53.5 Å². The molecular formula is C47H47FN12O5. The number of benzene rings is 3. The van der Waals surface area contributed by atoms with Crippen LogP contribution in [0.15, 0.2) is 85.3 Å². The van der Waals surface area contributed by atoms with Crippen LogP contribution in [0.4, 0.5) is 21.7 Å². The number of hydrogen-bond donors (Lipinski definition) is 3. The normalized spacial score (nSPS) is 18.9. The van der Waals surface area contributed by atoms with E-state index >= 15 is 0 Å². The molecule has 0 radical (unpaired) electrons. The van der Waals surface area contributed by atoms with E-state index in [0.717, 1.165) is 85.5 Å². The van der Waals surface area contributed by atoms with Gasteiger partial charge >= 0.3 is 0 Å². The number of anilines is 3. The number of piperidine rings is 1. The number of pyridine rings is 1. The highest BCUT2D eigenvalue weighted by molar-refractivity contribution is 6.05. The molecule has 3 aromatic heterocycles. The van der Waals surface area contributed by atoms with Gasteiger partial charge in [-0.15, -0.1) is 0 Å². The van der Waals surface area contributed by atoms with Gasteiger partial charge in [-0.05, 0) is 72.0 Å². The fraction of sp³-hybridized carbons (Fsp3) is 0.319. The fourth-order valence-electron chi connectivity index (χ4n) is 9.39. The number of hydrogen-bond acceptors (Lipinski definition) is 13. The summed E-state index contributed by atoms with van der Waals surface area (Å²) in [6, 6.07) is 21.0. The minimum absolute atomic E-state index is 0.0167. The van der Waals surface area contributed by atoms with Crippen molar-refractivity contribution in [2.45, 2.75) is 51.0 Å². The van der Waals surface area contributed by atoms with Crippen molar-refractivity contribution < 1.29 is 28.3 Å². The lowest BCUT2D eigenvalue weighted by Crippen LogP contribution is -2.52. The molecule has 0 bridgehead atoms. The third kappa shape index (κ3) is 8.16. The van der Waals surface area contributed by atoms with E-state index in [1.165, 1.54) is 25.6 Å². The third-order valence-electron chi connectivity index (χ3n) is 12.9. The molecule has 10 rings (SSSR count). The average molecular weight is 879 g/mol. The molecule has 4 aliphatic heterocycles. The first-order valence-electron chi connectivity index (χ1n) is 21.7. The second-order valence-electron chi connectivity index (χ2n) is 16.9. The molecule has 4 aliphatic rings. The summed E-state index contributed by atoms with van der Waals surface area (Å²) in [7, 11) is 1.44. The quantitative estimate of drug-likeness (QED) is 0.158. The minimum Gasteiger partial charge on any atom is -0.496 e. The van der Waals surface area contributed by atoms with E-state index in [0.29, 0.717) is 53.4 Å². The molecule has 0 unspecified atom stereocenters. The fourth-order valence-corrected chi connectivity index (χ4v) is 9.39. The zero-order valence-electron chi connectivity index (χ0n) is 35.7. The number of nitrogen functional groups attached to an aromatic ring is 1. The molecule has 17 nitrogen and oxygen atoms in total. The number of methoxy groups -OCH3 is 1. The Morgan fingerprint density at radius 2 is 1.72 bits per heavy atom. The first-order chi connectivity index (χ1) is 31.6. The van der Waals surface area contributed by atoms with Crippen molar-refractivity contribution in [3.63, 3.8) is 0 Å². The Bertz CT molecular complexity index is 2830. The molecule has 2 atom stereocenters. The number of fused-ring (bicyclic) bond motifs is 2. The number of halogens is 1. The molecule has 0 aliphatic carbocycles. The van der Waals surface area contributed by atoms with Gasteiger partial charge in [-0.3, -0.25) is 29.4 Å². The van der Waals surface area contributed by atoms with Gasteiger partial charge in [0, 0.05) is 88.3 Å². The van der Waals surface area contributed by atoms with Crippen LogP contribution in [0.3, 0.4) is 0 Å². The highest BCUT2D eigenvalue weighted by Crippen LogP contribution is 2.36. The molecular weight excluding hydrogens is 832 g/mol. The van der Waals surface area contributed by atoms with Crippen LogP contribution in [-0.2, 0) is 29.2 Å². The topological polar surface area (TPSA) is 197 Å². The molecule has 18 heteroatoms. The number of amides is 4. The van der Waals surface area contributed by atoms with Crippen molar-refractivity contribution in [3.8, 4) is 17.0 Å². The summed E-state index contributed by atoms with van der Waals surface area (Å²) in [6.45, 7) is 6.28. The zero-order valence-corrected chi connectivity index (χ0v) is 35.7. The number of piperazine rings is 1. The molecule has 3 fully saturated rings. The minimum atomic E-state index is -0.625. The van der Waals surface area contributed by atoms with Crippen molar-refractivity contribution in [2.24, 2.45) is 0 Å². The average Bonchev–Trinajstić information content (AvgIpc) is 4.05. The second-order valence-corrected chi connectivity index (χ2v) is 16.9. The van der Waals surface area contributed by atoms with Crippen LogP contribution in [0.5, 0.6) is 5.75 Å². The number of aromatic nitrogens is 5. The lowest BCUT2D eigenvalue weighted by molar-refractivity contribution is -0.136. The number of carbonyl (C=O) groups is 4. The van der Waals surface area contributed by atoms with E-state index in [4.69, 9.17) is 20.6 Å². The largest absolute Gasteiger partial charge is 0.496 e. The Morgan fingerprint density at radius 3 is 2.49 bits per heavy atom. The molecule has 4 N–H and O–H groups in total. The summed E-state index contributed by atoms with van der Waals surface area (Å²) in [4.78, 5) is 72.6. The van der Waals surface area contributed by atoms with Gasteiger partial charge in [-0.1, -0.05) is 30.3 Å². The summed E-state index contributed by atoms with van der Waals surface area (Å²) in [5.74, 6) is -0.292. The van der Waals surface area contributed by atoms with Gasteiger partial charge in [0.05, 0.1) is 24.1 Å². The number of nitrogens with one attached hydrogen (secondary N) is 2. The van der Waals surface area contributed by atoms with Crippen LogP contribution in [0.1, 0.15) is 62.7 Å². The molecule has 4 amide bonds. The molecule has 0 spiro atoms. The lowest BCUT2D eigenvalue weighted by atomic mass is 10.0. The van der Waals surface area contributed by atoms with Crippen LogP contribution >= 0.6 is 0 Å². The third-order valence-corrected chi connectivity index (χ3v) is 12.9. The highest BCUT2D eigenvalue weighted by Gasteiger charge is 2.39. The van der Waals surface area contributed by atoms with Crippen molar-refractivity contribution in [3.05, 3.63) is 119 Å². The maximum Gasteiger partial charge on any atom is 0.255 e. The van der Waals surface area contributed by atoms with Crippen LogP contribution in [-0.4, -0.2) is 111 Å². The zero-order chi connectivity index (χ0) is 44.8. The van der Waals surface area contributed by atoms with Crippen LogP contribution in [0.25, 0.3) is 22.3 Å². The summed E-state index contributed by atoms with van der Waals surface area (Å²) >= 11 is 0. The van der Waals surface area contributed by atoms with E-state index in [1.807, 2.05) is 47.3 Å². The predicted octanol–water partition coefficient (Wildman–Crippen LogP) is 4.08. The van der Waals surface area contributed by atoms with Gasteiger partial charge in [-0.2, -0.15) is 5.10 Å². The molecule has 65 heavy (non-hydrogen) atoms. The predicted molar refractivity (Wildman–Crippen MR) is 239 cm³/mol. The monoisotopic (exact) mass is 878 g/mol. The van der Waals surface area contributed by atoms with E-state index in [9.17, 15) is 23.6 Å². The Morgan fingerprint density at radius 1 is 0.908 bits per heavy atom. The lowest BCUT2D eigenvalue weighted by Gasteiger charge is -2.36. The number of carbonyl (C=O) groups excluding carboxylic acids is 4. The molecule has 7 heterocycles. The first-order valence-corrected chi connectivity index (χ1v) is 21.7. The second kappa shape index (κ2) is 17.2. The van der Waals surface area contributed by atoms with E-state index in [-0.39, 0.29) is 36.4 Å². The van der Waals surface area contributed by atoms with Gasteiger partial charge < -0.3 is 30.5 Å². The maximum atomic E-state index is 13.9. The Balaban J connectivity index is 0.743. The SMILES string of the molecule is COc1ccc(F)cc1C(=O)NCc1ccc(-c2nn([C@@H]3CCN(c4ccc(CN5CCN(c6ccc7c(c6)CN([C@H]6CCC(=O)NC6=O)C7=O)CC5)cn4)C3)c3ncnc(N)c23)cc1. The summed E-state index contributed by atoms with van der Waals surface area (Å²) in [5, 5.41) is 11.0. The highest BCUT2D eigenvalue weighted by atomic mass is 19.1. The summed E-state index contributed by atoms with van der Waals surface area (Å²) in [5.41, 5.74) is 13.3. The smallest absolute Gasteiger partial charge is 0.255 e. The Hall–Kier alpha value is -7.47. The number of ether oxygens (including phenoxy) is 1. The van der Waals surface area contributed by atoms with E-state index < -0.39 is 23.7 Å². The van der Waals surface area contributed by atoms with E-state index in [1.54, 1.807) is 4.90 Å². The maximum absolute atomic E-state index is 13.9. The molecule has 332 valence electrons. The Labute approximate surface area is 373 Å². The number of nitrogens with zero attached hydrogens (tertiary/aromatic N) is 9. The number of rotatable bonds is 11. The number of imide groups is 1. The van der Waals surface area contributed by atoms with Crippen molar-refractivity contribution >= 4 is 52.0 Å².